The molecule has 2 atom stereocenters. The topological polar surface area (TPSA) is 32.3 Å². The van der Waals surface area contributed by atoms with Crippen LogP contribution >= 0.6 is 0 Å². The third-order valence-electron chi connectivity index (χ3n) is 1.33. The van der Waals surface area contributed by atoms with Gasteiger partial charge in [-0.25, -0.2) is 0 Å². The van der Waals surface area contributed by atoms with Crippen LogP contribution in [0.15, 0.2) is 0 Å². The Kier molecular flexibility index (Phi) is 1.30. The summed E-state index contributed by atoms with van der Waals surface area (Å²) in [5.74, 6) is 0. The smallest absolute Gasteiger partial charge is 0.0679 e. The minimum Gasteiger partial charge on any atom is -0.392 e. The fraction of sp³-hybridized carbons (Fsp3) is 1.00. The van der Waals surface area contributed by atoms with Crippen LogP contribution in [0.3, 0.4) is 0 Å². The molecule has 2 nitrogen and oxygen atoms in total. The highest BCUT2D eigenvalue weighted by molar-refractivity contribution is 4.76. The Bertz CT molecular complexity index is 57.1. The van der Waals surface area contributed by atoms with Crippen LogP contribution in [0.2, 0.25) is 0 Å². The molecule has 1 heterocycles. The van der Waals surface area contributed by atoms with Crippen molar-refractivity contribution in [2.75, 3.05) is 6.54 Å². The van der Waals surface area contributed by atoms with Crippen LogP contribution in [0.1, 0.15) is 13.3 Å². The van der Waals surface area contributed by atoms with E-state index in [0.29, 0.717) is 6.04 Å². The molecule has 1 aliphatic heterocycles. The van der Waals surface area contributed by atoms with E-state index in [9.17, 15) is 0 Å². The van der Waals surface area contributed by atoms with E-state index in [0.717, 1.165) is 13.0 Å². The van der Waals surface area contributed by atoms with Crippen molar-refractivity contribution < 1.29 is 5.11 Å². The number of hydrogen-bond donors (Lipinski definition) is 2. The molecule has 0 aromatic heterocycles. The van der Waals surface area contributed by atoms with Gasteiger partial charge in [0.2, 0.25) is 0 Å². The van der Waals surface area contributed by atoms with E-state index in [-0.39, 0.29) is 6.10 Å². The summed E-state index contributed by atoms with van der Waals surface area (Å²) in [5, 5.41) is 12.0. The van der Waals surface area contributed by atoms with E-state index < -0.39 is 0 Å². The Morgan fingerprint density at radius 3 is 2.57 bits per heavy atom. The number of aliphatic hydroxyl groups excluding tert-OH is 1. The van der Waals surface area contributed by atoms with Gasteiger partial charge in [0.1, 0.15) is 0 Å². The Labute approximate surface area is 43.5 Å². The molecule has 0 saturated carbocycles. The molecule has 0 aliphatic carbocycles. The lowest BCUT2D eigenvalue weighted by atomic mass is 10.2. The van der Waals surface area contributed by atoms with Gasteiger partial charge in [0.05, 0.1) is 6.10 Å². The van der Waals surface area contributed by atoms with Crippen LogP contribution in [-0.2, 0) is 0 Å². The quantitative estimate of drug-likeness (QED) is 0.440. The first kappa shape index (κ1) is 5.06. The van der Waals surface area contributed by atoms with E-state index in [1.807, 2.05) is 0 Å². The average Bonchev–Trinajstić information content (AvgIpc) is 1.87. The number of aliphatic hydroxyl groups is 1. The molecule has 0 amide bonds. The van der Waals surface area contributed by atoms with Gasteiger partial charge in [-0.1, -0.05) is 0 Å². The van der Waals surface area contributed by atoms with Gasteiger partial charge in [-0.05, 0) is 13.3 Å². The number of nitrogens with one attached hydrogen (secondary N) is 1. The molecule has 2 heteroatoms. The molecule has 0 bridgehead atoms. The summed E-state index contributed by atoms with van der Waals surface area (Å²) in [6.45, 7) is 2.86. The van der Waals surface area contributed by atoms with Gasteiger partial charge in [0.25, 0.3) is 0 Å². The predicted octanol–water partition coefficient (Wildman–Crippen LogP) is -0.271. The van der Waals surface area contributed by atoms with Crippen LogP contribution < -0.4 is 5.32 Å². The van der Waals surface area contributed by atoms with E-state index in [4.69, 9.17) is 5.11 Å². The minimum atomic E-state index is -0.0880. The van der Waals surface area contributed by atoms with Crippen molar-refractivity contribution in [2.45, 2.75) is 25.5 Å². The Hall–Kier alpha value is -0.0800. The maximum absolute atomic E-state index is 8.84. The van der Waals surface area contributed by atoms with Gasteiger partial charge in [-0.2, -0.15) is 0 Å². The highest BCUT2D eigenvalue weighted by Crippen LogP contribution is 2.03. The highest BCUT2D eigenvalue weighted by Gasteiger charge is 2.16. The molecule has 1 aliphatic rings. The van der Waals surface area contributed by atoms with E-state index >= 15 is 0 Å². The van der Waals surface area contributed by atoms with E-state index in [1.165, 1.54) is 0 Å². The van der Waals surface area contributed by atoms with Crippen molar-refractivity contribution >= 4 is 0 Å². The number of β-amino-alcohol motifs (C(OH)–C–C–N with tert-alkyl or cyclic N) is 1. The third-order valence-corrected chi connectivity index (χ3v) is 1.33. The first-order valence-electron chi connectivity index (χ1n) is 2.70. The molecule has 7 heavy (non-hydrogen) atoms. The summed E-state index contributed by atoms with van der Waals surface area (Å²) < 4.78 is 0. The van der Waals surface area contributed by atoms with Crippen LogP contribution in [0.5, 0.6) is 0 Å². The second-order valence-corrected chi connectivity index (χ2v) is 2.20. The zero-order chi connectivity index (χ0) is 5.28. The van der Waals surface area contributed by atoms with Crippen molar-refractivity contribution in [2.24, 2.45) is 0 Å². The molecule has 1 rings (SSSR count). The van der Waals surface area contributed by atoms with Crippen molar-refractivity contribution in [1.29, 1.82) is 0 Å². The SMILES string of the molecule is CC1C[C@H](O)CN1. The number of hydrogen-bond acceptors (Lipinski definition) is 2. The maximum atomic E-state index is 8.84. The summed E-state index contributed by atoms with van der Waals surface area (Å²) in [5.41, 5.74) is 0. The maximum Gasteiger partial charge on any atom is 0.0679 e. The average molecular weight is 101 g/mol. The Morgan fingerprint density at radius 1 is 1.71 bits per heavy atom. The van der Waals surface area contributed by atoms with Gasteiger partial charge in [-0.3, -0.25) is 0 Å². The molecule has 0 radical (unpaired) electrons. The van der Waals surface area contributed by atoms with Crippen molar-refractivity contribution in [3.8, 4) is 0 Å². The fourth-order valence-corrected chi connectivity index (χ4v) is 0.912. The summed E-state index contributed by atoms with van der Waals surface area (Å²) >= 11 is 0. The zero-order valence-electron chi connectivity index (χ0n) is 4.52. The van der Waals surface area contributed by atoms with Crippen LogP contribution in [0.25, 0.3) is 0 Å². The van der Waals surface area contributed by atoms with Gasteiger partial charge in [0.15, 0.2) is 0 Å². The van der Waals surface area contributed by atoms with Gasteiger partial charge in [-0.15, -0.1) is 0 Å². The Morgan fingerprint density at radius 2 is 2.43 bits per heavy atom. The monoisotopic (exact) mass is 101 g/mol. The summed E-state index contributed by atoms with van der Waals surface area (Å²) in [6, 6.07) is 0.523. The fourth-order valence-electron chi connectivity index (χ4n) is 0.912. The molecule has 0 aromatic rings. The number of rotatable bonds is 0. The molecule has 1 unspecified atom stereocenters. The molecule has 1 fully saturated rings. The van der Waals surface area contributed by atoms with Gasteiger partial charge in [0, 0.05) is 12.6 Å². The minimum absolute atomic E-state index is 0.0880. The van der Waals surface area contributed by atoms with Crippen molar-refractivity contribution in [3.05, 3.63) is 0 Å². The standard InChI is InChI=1S/C5H11NO/c1-4-2-5(7)3-6-4/h4-7H,2-3H2,1H3/t4?,5-/m0/s1. The molecular weight excluding hydrogens is 90.1 g/mol. The third kappa shape index (κ3) is 1.14. The molecule has 42 valence electrons. The molecule has 2 N–H and O–H groups in total. The van der Waals surface area contributed by atoms with Crippen LogP contribution in [0.4, 0.5) is 0 Å². The summed E-state index contributed by atoms with van der Waals surface area (Å²) in [4.78, 5) is 0. The predicted molar refractivity (Wildman–Crippen MR) is 28.1 cm³/mol. The molecular formula is C5H11NO. The first-order valence-corrected chi connectivity index (χ1v) is 2.70. The van der Waals surface area contributed by atoms with Crippen LogP contribution in [0, 0.1) is 0 Å². The first-order chi connectivity index (χ1) is 3.29. The van der Waals surface area contributed by atoms with Crippen LogP contribution in [-0.4, -0.2) is 23.8 Å². The molecule has 1 saturated heterocycles. The summed E-state index contributed by atoms with van der Waals surface area (Å²) in [7, 11) is 0. The lowest BCUT2D eigenvalue weighted by Crippen LogP contribution is -2.17. The highest BCUT2D eigenvalue weighted by atomic mass is 16.3. The summed E-state index contributed by atoms with van der Waals surface area (Å²) in [6.07, 6.45) is 0.829. The van der Waals surface area contributed by atoms with Crippen molar-refractivity contribution in [1.82, 2.24) is 5.32 Å². The molecule has 0 aromatic carbocycles. The zero-order valence-corrected chi connectivity index (χ0v) is 4.52. The van der Waals surface area contributed by atoms with Gasteiger partial charge < -0.3 is 10.4 Å². The van der Waals surface area contributed by atoms with E-state index in [1.54, 1.807) is 0 Å². The van der Waals surface area contributed by atoms with Gasteiger partial charge >= 0.3 is 0 Å². The lowest BCUT2D eigenvalue weighted by Gasteiger charge is -1.95. The lowest BCUT2D eigenvalue weighted by molar-refractivity contribution is 0.194. The van der Waals surface area contributed by atoms with Crippen molar-refractivity contribution in [3.63, 3.8) is 0 Å². The Balaban J connectivity index is 2.26. The van der Waals surface area contributed by atoms with E-state index in [2.05, 4.69) is 12.2 Å². The normalized spacial score (nSPS) is 42.0. The largest absolute Gasteiger partial charge is 0.392 e. The second-order valence-electron chi connectivity index (χ2n) is 2.20. The second kappa shape index (κ2) is 1.80. The molecule has 0 spiro atoms.